The third-order valence-corrected chi connectivity index (χ3v) is 4.87. The van der Waals surface area contributed by atoms with Crippen LogP contribution in [0.1, 0.15) is 30.4 Å². The molecule has 0 bridgehead atoms. The summed E-state index contributed by atoms with van der Waals surface area (Å²) in [5.41, 5.74) is 2.15. The number of halogens is 1. The predicted molar refractivity (Wildman–Crippen MR) is 80.9 cm³/mol. The van der Waals surface area contributed by atoms with E-state index in [9.17, 15) is 4.79 Å². The van der Waals surface area contributed by atoms with E-state index in [1.54, 1.807) is 6.92 Å². The van der Waals surface area contributed by atoms with Gasteiger partial charge in [-0.15, -0.1) is 0 Å². The van der Waals surface area contributed by atoms with Gasteiger partial charge >= 0.3 is 5.97 Å². The molecule has 4 atom stereocenters. The van der Waals surface area contributed by atoms with E-state index in [4.69, 9.17) is 18.9 Å². The van der Waals surface area contributed by atoms with Gasteiger partial charge in [0, 0.05) is 22.0 Å². The van der Waals surface area contributed by atoms with Crippen LogP contribution in [-0.4, -0.2) is 37.5 Å². The molecule has 0 N–H and O–H groups in total. The first kappa shape index (κ1) is 14.5. The van der Waals surface area contributed by atoms with E-state index >= 15 is 0 Å². The molecule has 1 aromatic carbocycles. The molecule has 2 fully saturated rings. The van der Waals surface area contributed by atoms with Crippen molar-refractivity contribution < 1.29 is 23.7 Å². The van der Waals surface area contributed by atoms with E-state index in [2.05, 4.69) is 22.0 Å². The van der Waals surface area contributed by atoms with Gasteiger partial charge in [-0.2, -0.15) is 0 Å². The number of fused-ring (bicyclic) bond motifs is 5. The van der Waals surface area contributed by atoms with Gasteiger partial charge in [0.25, 0.3) is 0 Å². The molecule has 0 aromatic heterocycles. The van der Waals surface area contributed by atoms with Crippen molar-refractivity contribution >= 4 is 21.9 Å². The molecule has 118 valence electrons. The van der Waals surface area contributed by atoms with Gasteiger partial charge in [0.2, 0.25) is 0 Å². The summed E-state index contributed by atoms with van der Waals surface area (Å²) in [7, 11) is 0. The van der Waals surface area contributed by atoms with Crippen LogP contribution in [0.15, 0.2) is 16.6 Å². The topological polar surface area (TPSA) is 57.3 Å². The molecule has 6 heteroatoms. The van der Waals surface area contributed by atoms with Crippen LogP contribution < -0.4 is 4.74 Å². The molecular formula is C16H17BrO5. The van der Waals surface area contributed by atoms with Crippen molar-refractivity contribution in [2.24, 2.45) is 0 Å². The lowest BCUT2D eigenvalue weighted by Crippen LogP contribution is -2.17. The predicted octanol–water partition coefficient (Wildman–Crippen LogP) is 2.54. The van der Waals surface area contributed by atoms with Crippen LogP contribution in [0.25, 0.3) is 0 Å². The number of ether oxygens (including phenoxy) is 4. The Morgan fingerprint density at radius 1 is 1.41 bits per heavy atom. The summed E-state index contributed by atoms with van der Waals surface area (Å²) in [4.78, 5) is 11.3. The van der Waals surface area contributed by atoms with Crippen LogP contribution in [0.4, 0.5) is 0 Å². The van der Waals surface area contributed by atoms with Crippen molar-refractivity contribution in [1.82, 2.24) is 0 Å². The quantitative estimate of drug-likeness (QED) is 0.590. The lowest BCUT2D eigenvalue weighted by molar-refractivity contribution is -0.148. The number of hydrogen-bond acceptors (Lipinski definition) is 5. The molecule has 1 aromatic rings. The average molecular weight is 369 g/mol. The molecule has 22 heavy (non-hydrogen) atoms. The van der Waals surface area contributed by atoms with E-state index in [0.717, 1.165) is 22.2 Å². The number of carbonyl (C=O) groups is 1. The Bertz CT molecular complexity index is 617. The molecule has 5 nitrogen and oxygen atoms in total. The van der Waals surface area contributed by atoms with Crippen LogP contribution in [-0.2, 0) is 25.6 Å². The van der Waals surface area contributed by atoms with Gasteiger partial charge in [0.1, 0.15) is 18.5 Å². The number of carbonyl (C=O) groups excluding carboxylic acids is 1. The van der Waals surface area contributed by atoms with Gasteiger partial charge in [0.05, 0.1) is 31.3 Å². The second-order valence-corrected chi connectivity index (χ2v) is 6.75. The van der Waals surface area contributed by atoms with E-state index < -0.39 is 0 Å². The molecule has 1 saturated carbocycles. The van der Waals surface area contributed by atoms with Crippen molar-refractivity contribution in [2.45, 2.75) is 44.2 Å². The normalized spacial score (nSPS) is 30.3. The fourth-order valence-corrected chi connectivity index (χ4v) is 4.04. The van der Waals surface area contributed by atoms with Gasteiger partial charge < -0.3 is 18.9 Å². The Balaban J connectivity index is 1.50. The Morgan fingerprint density at radius 2 is 2.27 bits per heavy atom. The third-order valence-electron chi connectivity index (χ3n) is 4.41. The van der Waals surface area contributed by atoms with Crippen molar-refractivity contribution in [3.8, 4) is 5.75 Å². The monoisotopic (exact) mass is 368 g/mol. The molecule has 4 rings (SSSR count). The number of esters is 1. The molecule has 3 aliphatic rings. The van der Waals surface area contributed by atoms with Crippen molar-refractivity contribution in [2.75, 3.05) is 13.2 Å². The smallest absolute Gasteiger partial charge is 0.332 e. The first-order valence-electron chi connectivity index (χ1n) is 7.55. The number of rotatable bonds is 5. The van der Waals surface area contributed by atoms with Crippen molar-refractivity contribution in [1.29, 1.82) is 0 Å². The zero-order chi connectivity index (χ0) is 15.3. The van der Waals surface area contributed by atoms with E-state index in [1.165, 1.54) is 5.56 Å². The fraction of sp³-hybridized carbons (Fsp3) is 0.562. The van der Waals surface area contributed by atoms with Crippen LogP contribution in [0.5, 0.6) is 5.75 Å². The van der Waals surface area contributed by atoms with Gasteiger partial charge in [-0.05, 0) is 19.1 Å². The minimum atomic E-state index is -0.346. The minimum Gasteiger partial charge on any atom is -0.489 e. The highest BCUT2D eigenvalue weighted by Crippen LogP contribution is 2.56. The van der Waals surface area contributed by atoms with Gasteiger partial charge in [0.15, 0.2) is 0 Å². The van der Waals surface area contributed by atoms with E-state index in [1.807, 2.05) is 6.07 Å². The van der Waals surface area contributed by atoms with Crippen molar-refractivity contribution in [3.05, 3.63) is 27.7 Å². The standard InChI is InChI=1S/C16H17BrO5/c1-2-20-13(18)7-19-6-8-3-9(17)4-10-14-11(21-15(8)10)5-12-16(14)22-12/h3-4,11-12,14,16H,2,5-7H2,1H3/t11?,12-,14?,16-/m1/s1. The van der Waals surface area contributed by atoms with Crippen LogP contribution in [0.2, 0.25) is 0 Å². The lowest BCUT2D eigenvalue weighted by atomic mass is 9.95. The summed E-state index contributed by atoms with van der Waals surface area (Å²) >= 11 is 3.55. The summed E-state index contributed by atoms with van der Waals surface area (Å²) < 4.78 is 23.1. The summed E-state index contributed by atoms with van der Waals surface area (Å²) in [6.07, 6.45) is 1.88. The van der Waals surface area contributed by atoms with Crippen molar-refractivity contribution in [3.63, 3.8) is 0 Å². The van der Waals surface area contributed by atoms with Crippen LogP contribution >= 0.6 is 15.9 Å². The summed E-state index contributed by atoms with van der Waals surface area (Å²) in [5, 5.41) is 0. The average Bonchev–Trinajstić information content (AvgIpc) is 2.98. The minimum absolute atomic E-state index is 0.0458. The first-order chi connectivity index (χ1) is 10.7. The SMILES string of the molecule is CCOC(=O)COCc1cc(Br)cc2c1OC1C[C@H]3O[C@H]3C21. The molecular weight excluding hydrogens is 352 g/mol. The zero-order valence-electron chi connectivity index (χ0n) is 12.2. The van der Waals surface area contributed by atoms with Gasteiger partial charge in [-0.25, -0.2) is 4.79 Å². The lowest BCUT2D eigenvalue weighted by Gasteiger charge is -2.12. The molecule has 2 aliphatic heterocycles. The zero-order valence-corrected chi connectivity index (χ0v) is 13.8. The molecule has 1 aliphatic carbocycles. The largest absolute Gasteiger partial charge is 0.489 e. The maximum atomic E-state index is 11.3. The summed E-state index contributed by atoms with van der Waals surface area (Å²) in [6.45, 7) is 2.42. The maximum Gasteiger partial charge on any atom is 0.332 e. The Morgan fingerprint density at radius 3 is 3.09 bits per heavy atom. The second kappa shape index (κ2) is 5.51. The summed E-state index contributed by atoms with van der Waals surface area (Å²) in [6, 6.07) is 4.09. The molecule has 2 heterocycles. The van der Waals surface area contributed by atoms with Gasteiger partial charge in [-0.1, -0.05) is 15.9 Å². The van der Waals surface area contributed by atoms with E-state index in [-0.39, 0.29) is 18.7 Å². The van der Waals surface area contributed by atoms with Crippen LogP contribution in [0.3, 0.4) is 0 Å². The van der Waals surface area contributed by atoms with Gasteiger partial charge in [-0.3, -0.25) is 0 Å². The Labute approximate surface area is 137 Å². The number of benzene rings is 1. The highest BCUT2D eigenvalue weighted by Gasteiger charge is 2.60. The Hall–Kier alpha value is -1.11. The Kier molecular flexibility index (Phi) is 3.63. The first-order valence-corrected chi connectivity index (χ1v) is 8.34. The molecule has 1 saturated heterocycles. The summed E-state index contributed by atoms with van der Waals surface area (Å²) in [5.74, 6) is 0.887. The highest BCUT2D eigenvalue weighted by molar-refractivity contribution is 9.10. The molecule has 0 radical (unpaired) electrons. The number of hydrogen-bond donors (Lipinski definition) is 0. The third kappa shape index (κ3) is 2.43. The molecule has 0 amide bonds. The number of epoxide rings is 1. The van der Waals surface area contributed by atoms with Crippen LogP contribution in [0, 0.1) is 0 Å². The maximum absolute atomic E-state index is 11.3. The molecule has 0 spiro atoms. The second-order valence-electron chi connectivity index (χ2n) is 5.84. The van der Waals surface area contributed by atoms with E-state index in [0.29, 0.717) is 31.3 Å². The molecule has 2 unspecified atom stereocenters. The fourth-order valence-electron chi connectivity index (χ4n) is 3.52. The highest BCUT2D eigenvalue weighted by atomic mass is 79.9.